The van der Waals surface area contributed by atoms with Crippen molar-refractivity contribution in [1.29, 1.82) is 0 Å². The first kappa shape index (κ1) is 15.9. The molecule has 2 nitrogen and oxygen atoms in total. The number of nitrogens with one attached hydrogen (secondary N) is 1. The Morgan fingerprint density at radius 1 is 1.29 bits per heavy atom. The lowest BCUT2D eigenvalue weighted by atomic mass is 10.1. The molecule has 4 heteroatoms. The van der Waals surface area contributed by atoms with Crippen LogP contribution in [0.25, 0.3) is 0 Å². The number of rotatable bonds is 6. The van der Waals surface area contributed by atoms with Crippen LogP contribution in [0.1, 0.15) is 11.1 Å². The molecule has 0 aliphatic carbocycles. The number of hydrogen-bond acceptors (Lipinski definition) is 2. The molecule has 0 aromatic heterocycles. The van der Waals surface area contributed by atoms with Gasteiger partial charge in [0.2, 0.25) is 0 Å². The van der Waals surface area contributed by atoms with Gasteiger partial charge in [-0.1, -0.05) is 36.4 Å². The molecule has 0 unspecified atom stereocenters. The summed E-state index contributed by atoms with van der Waals surface area (Å²) in [5.74, 6) is 0.817. The summed E-state index contributed by atoms with van der Waals surface area (Å²) >= 11 is 9.54. The van der Waals surface area contributed by atoms with Crippen LogP contribution in [0.3, 0.4) is 0 Å². The molecule has 110 valence electrons. The van der Waals surface area contributed by atoms with Crippen LogP contribution >= 0.6 is 27.5 Å². The molecule has 0 amide bonds. The Hall–Kier alpha value is -1.45. The zero-order valence-corrected chi connectivity index (χ0v) is 14.2. The quantitative estimate of drug-likeness (QED) is 0.673. The van der Waals surface area contributed by atoms with E-state index in [0.29, 0.717) is 6.61 Å². The van der Waals surface area contributed by atoms with E-state index >= 15 is 0 Å². The first-order chi connectivity index (χ1) is 10.1. The minimum atomic E-state index is 0.498. The lowest BCUT2D eigenvalue weighted by molar-refractivity contribution is 0.361. The van der Waals surface area contributed by atoms with E-state index in [4.69, 9.17) is 16.3 Å². The highest BCUT2D eigenvalue weighted by Gasteiger charge is 2.04. The van der Waals surface area contributed by atoms with Crippen molar-refractivity contribution < 1.29 is 4.74 Å². The summed E-state index contributed by atoms with van der Waals surface area (Å²) in [5.41, 5.74) is 3.38. The van der Waals surface area contributed by atoms with E-state index < -0.39 is 0 Å². The summed E-state index contributed by atoms with van der Waals surface area (Å²) in [5, 5.41) is 4.13. The Morgan fingerprint density at radius 3 is 2.81 bits per heavy atom. The molecule has 0 bridgehead atoms. The van der Waals surface area contributed by atoms with Gasteiger partial charge < -0.3 is 10.1 Å². The van der Waals surface area contributed by atoms with Crippen molar-refractivity contribution in [2.75, 3.05) is 11.9 Å². The molecular weight excluding hydrogens is 350 g/mol. The molecule has 0 aliphatic rings. The van der Waals surface area contributed by atoms with Crippen LogP contribution in [0.2, 0.25) is 5.02 Å². The monoisotopic (exact) mass is 365 g/mol. The van der Waals surface area contributed by atoms with Gasteiger partial charge in [-0.3, -0.25) is 0 Å². The molecular formula is C17H17BrClNO. The molecule has 1 N–H and O–H groups in total. The van der Waals surface area contributed by atoms with Gasteiger partial charge in [-0.15, -0.1) is 0 Å². The summed E-state index contributed by atoms with van der Waals surface area (Å²) in [6, 6.07) is 11.9. The zero-order chi connectivity index (χ0) is 15.2. The average Bonchev–Trinajstić information content (AvgIpc) is 2.47. The smallest absolute Gasteiger partial charge is 0.133 e. The summed E-state index contributed by atoms with van der Waals surface area (Å²) < 4.78 is 6.47. The molecule has 0 atom stereocenters. The maximum atomic E-state index is 6.02. The van der Waals surface area contributed by atoms with Gasteiger partial charge in [0.1, 0.15) is 12.4 Å². The van der Waals surface area contributed by atoms with Crippen LogP contribution in [-0.4, -0.2) is 6.61 Å². The molecule has 2 rings (SSSR count). The van der Waals surface area contributed by atoms with Crippen molar-refractivity contribution in [3.8, 4) is 5.75 Å². The van der Waals surface area contributed by atoms with Crippen molar-refractivity contribution in [3.05, 3.63) is 69.7 Å². The van der Waals surface area contributed by atoms with Gasteiger partial charge in [-0.05, 0) is 58.2 Å². The highest BCUT2D eigenvalue weighted by Crippen LogP contribution is 2.27. The van der Waals surface area contributed by atoms with E-state index in [0.717, 1.165) is 33.0 Å². The predicted molar refractivity (Wildman–Crippen MR) is 93.3 cm³/mol. The normalized spacial score (nSPS) is 10.2. The van der Waals surface area contributed by atoms with Crippen molar-refractivity contribution in [2.45, 2.75) is 13.5 Å². The van der Waals surface area contributed by atoms with Crippen LogP contribution in [0, 0.1) is 6.92 Å². The third kappa shape index (κ3) is 4.51. The zero-order valence-electron chi connectivity index (χ0n) is 11.8. The minimum Gasteiger partial charge on any atom is -0.488 e. The fourth-order valence-electron chi connectivity index (χ4n) is 1.90. The van der Waals surface area contributed by atoms with Gasteiger partial charge in [-0.25, -0.2) is 0 Å². The maximum absolute atomic E-state index is 6.02. The predicted octanol–water partition coefficient (Wildman–Crippen LogP) is 5.59. The number of benzene rings is 2. The van der Waals surface area contributed by atoms with Gasteiger partial charge >= 0.3 is 0 Å². The molecule has 2 aromatic rings. The minimum absolute atomic E-state index is 0.498. The first-order valence-electron chi connectivity index (χ1n) is 6.62. The molecule has 0 saturated carbocycles. The third-order valence-electron chi connectivity index (χ3n) is 3.04. The number of halogens is 2. The first-order valence-corrected chi connectivity index (χ1v) is 7.79. The molecule has 21 heavy (non-hydrogen) atoms. The van der Waals surface area contributed by atoms with Crippen molar-refractivity contribution in [3.63, 3.8) is 0 Å². The number of ether oxygens (including phenoxy) is 1. The van der Waals surface area contributed by atoms with Crippen molar-refractivity contribution in [2.24, 2.45) is 0 Å². The lowest BCUT2D eigenvalue weighted by Crippen LogP contribution is -2.01. The molecule has 0 heterocycles. The van der Waals surface area contributed by atoms with Gasteiger partial charge in [-0.2, -0.15) is 0 Å². The maximum Gasteiger partial charge on any atom is 0.133 e. The fourth-order valence-corrected chi connectivity index (χ4v) is 2.61. The van der Waals surface area contributed by atoms with Crippen molar-refractivity contribution in [1.82, 2.24) is 0 Å². The highest BCUT2D eigenvalue weighted by atomic mass is 79.9. The van der Waals surface area contributed by atoms with Gasteiger partial charge in [0.05, 0.1) is 4.47 Å². The number of aryl methyl sites for hydroxylation is 1. The van der Waals surface area contributed by atoms with Crippen LogP contribution in [0.5, 0.6) is 5.75 Å². The second kappa shape index (κ2) is 7.53. The largest absolute Gasteiger partial charge is 0.488 e. The van der Waals surface area contributed by atoms with E-state index in [1.54, 1.807) is 6.08 Å². The topological polar surface area (TPSA) is 21.3 Å². The van der Waals surface area contributed by atoms with Crippen LogP contribution in [0.4, 0.5) is 5.69 Å². The van der Waals surface area contributed by atoms with Crippen LogP contribution < -0.4 is 10.1 Å². The van der Waals surface area contributed by atoms with E-state index in [1.807, 2.05) is 36.4 Å². The Kier molecular flexibility index (Phi) is 5.71. The molecule has 0 aliphatic heterocycles. The van der Waals surface area contributed by atoms with Crippen molar-refractivity contribution >= 4 is 33.2 Å². The van der Waals surface area contributed by atoms with E-state index in [1.165, 1.54) is 5.56 Å². The standard InChI is InChI=1S/C17H17BrClNO/c1-3-8-21-17-7-5-13(9-15(17)18)11-20-16-10-14(19)6-4-12(16)2/h3-7,9-10,20H,1,8,11H2,2H3. The SMILES string of the molecule is C=CCOc1ccc(CNc2cc(Cl)ccc2C)cc1Br. The number of hydrogen-bond donors (Lipinski definition) is 1. The Balaban J connectivity index is 2.05. The molecule has 0 fully saturated rings. The lowest BCUT2D eigenvalue weighted by Gasteiger charge is -2.12. The van der Waals surface area contributed by atoms with Gasteiger partial charge in [0, 0.05) is 17.3 Å². The summed E-state index contributed by atoms with van der Waals surface area (Å²) in [7, 11) is 0. The average molecular weight is 367 g/mol. The Morgan fingerprint density at radius 2 is 2.10 bits per heavy atom. The third-order valence-corrected chi connectivity index (χ3v) is 3.89. The van der Waals surface area contributed by atoms with Gasteiger partial charge in [0.25, 0.3) is 0 Å². The molecule has 2 aromatic carbocycles. The highest BCUT2D eigenvalue weighted by molar-refractivity contribution is 9.10. The second-order valence-electron chi connectivity index (χ2n) is 4.68. The Bertz CT molecular complexity index is 643. The second-order valence-corrected chi connectivity index (χ2v) is 5.97. The summed E-state index contributed by atoms with van der Waals surface area (Å²) in [4.78, 5) is 0. The fraction of sp³-hybridized carbons (Fsp3) is 0.176. The van der Waals surface area contributed by atoms with E-state index in [2.05, 4.69) is 34.7 Å². The molecule has 0 spiro atoms. The van der Waals surface area contributed by atoms with E-state index in [9.17, 15) is 0 Å². The van der Waals surface area contributed by atoms with E-state index in [-0.39, 0.29) is 0 Å². The Labute approximate surface area is 138 Å². The molecule has 0 saturated heterocycles. The molecule has 0 radical (unpaired) electrons. The summed E-state index contributed by atoms with van der Waals surface area (Å²) in [6.45, 7) is 6.92. The van der Waals surface area contributed by atoms with Crippen LogP contribution in [0.15, 0.2) is 53.5 Å². The summed E-state index contributed by atoms with van der Waals surface area (Å²) in [6.07, 6.45) is 1.73. The van der Waals surface area contributed by atoms with Crippen LogP contribution in [-0.2, 0) is 6.54 Å². The van der Waals surface area contributed by atoms with Gasteiger partial charge in [0.15, 0.2) is 0 Å². The number of anilines is 1.